The zero-order valence-electron chi connectivity index (χ0n) is 7.37. The van der Waals surface area contributed by atoms with Gasteiger partial charge in [0, 0.05) is 12.2 Å². The normalized spacial score (nSPS) is 6.33. The Hall–Kier alpha value is -0.440. The van der Waals surface area contributed by atoms with E-state index in [0.717, 1.165) is 0 Å². The standard InChI is InChI=1S/C4H4O4.Na.3H2O.H/c5-3(6)1-2-4(7)8;;;;;/h1-2H,(H,5,6)(H,7,8);;3*1H2;/q;+1;;;;-1/b2-1-;;;;;. The van der Waals surface area contributed by atoms with E-state index in [-0.39, 0.29) is 47.4 Å². The van der Waals surface area contributed by atoms with Crippen LogP contribution in [0.4, 0.5) is 0 Å². The molecule has 0 atom stereocenters. The maximum Gasteiger partial charge on any atom is 1.00 e. The minimum absolute atomic E-state index is 0. The van der Waals surface area contributed by atoms with Crippen molar-refractivity contribution in [2.45, 2.75) is 0 Å². The number of hydrogen-bond donors (Lipinski definition) is 2. The minimum Gasteiger partial charge on any atom is -1.00 e. The van der Waals surface area contributed by atoms with E-state index in [0.29, 0.717) is 12.2 Å². The van der Waals surface area contributed by atoms with Crippen LogP contribution >= 0.6 is 0 Å². The van der Waals surface area contributed by atoms with E-state index in [9.17, 15) is 9.59 Å². The molecule has 0 aliphatic rings. The summed E-state index contributed by atoms with van der Waals surface area (Å²) in [5.74, 6) is -2.51. The van der Waals surface area contributed by atoms with E-state index in [2.05, 4.69) is 0 Å². The van der Waals surface area contributed by atoms with Crippen LogP contribution in [0.25, 0.3) is 0 Å². The van der Waals surface area contributed by atoms with Crippen LogP contribution in [0.15, 0.2) is 12.2 Å². The van der Waals surface area contributed by atoms with E-state index in [4.69, 9.17) is 10.2 Å². The van der Waals surface area contributed by atoms with Crippen molar-refractivity contribution in [1.82, 2.24) is 0 Å². The molecule has 0 amide bonds. The Bertz CT molecular complexity index is 131. The van der Waals surface area contributed by atoms with Crippen molar-refractivity contribution in [3.05, 3.63) is 12.2 Å². The second-order valence-corrected chi connectivity index (χ2v) is 1.01. The number of carboxylic acid groups (broad SMARTS) is 2. The first-order valence-corrected chi connectivity index (χ1v) is 1.77. The van der Waals surface area contributed by atoms with Crippen LogP contribution in [0.5, 0.6) is 0 Å². The summed E-state index contributed by atoms with van der Waals surface area (Å²) in [7, 11) is 0. The van der Waals surface area contributed by atoms with Gasteiger partial charge < -0.3 is 28.1 Å². The van der Waals surface area contributed by atoms with Crippen molar-refractivity contribution >= 4 is 11.9 Å². The molecule has 0 heterocycles. The van der Waals surface area contributed by atoms with Gasteiger partial charge in [-0.25, -0.2) is 9.59 Å². The third kappa shape index (κ3) is 33.7. The quantitative estimate of drug-likeness (QED) is 0.330. The Balaban J connectivity index is -0.0000000245. The number of rotatable bonds is 2. The molecule has 0 aliphatic heterocycles. The maximum atomic E-state index is 9.55. The van der Waals surface area contributed by atoms with Gasteiger partial charge in [-0.2, -0.15) is 0 Å². The summed E-state index contributed by atoms with van der Waals surface area (Å²) in [6.45, 7) is 0. The van der Waals surface area contributed by atoms with Crippen LogP contribution in [0.3, 0.4) is 0 Å². The molecule has 0 radical (unpaired) electrons. The maximum absolute atomic E-state index is 9.55. The van der Waals surface area contributed by atoms with E-state index in [1.165, 1.54) is 0 Å². The van der Waals surface area contributed by atoms with Gasteiger partial charge in [0.15, 0.2) is 0 Å². The summed E-state index contributed by atoms with van der Waals surface area (Å²) < 4.78 is 0. The van der Waals surface area contributed by atoms with Gasteiger partial charge >= 0.3 is 41.5 Å². The van der Waals surface area contributed by atoms with Crippen LogP contribution in [0.1, 0.15) is 1.43 Å². The number of hydrogen-bond acceptors (Lipinski definition) is 2. The van der Waals surface area contributed by atoms with Gasteiger partial charge in [0.2, 0.25) is 0 Å². The van der Waals surface area contributed by atoms with Crippen molar-refractivity contribution < 1.29 is 67.2 Å². The minimum atomic E-state index is -1.26. The molecule has 0 aromatic heterocycles. The zero-order valence-corrected chi connectivity index (χ0v) is 8.37. The van der Waals surface area contributed by atoms with Gasteiger partial charge in [0.05, 0.1) is 0 Å². The first-order chi connectivity index (χ1) is 3.63. The molecule has 7 nitrogen and oxygen atoms in total. The fourth-order valence-electron chi connectivity index (χ4n) is 0.143. The monoisotopic (exact) mass is 194 g/mol. The third-order valence-electron chi connectivity index (χ3n) is 0.368. The van der Waals surface area contributed by atoms with Crippen LogP contribution < -0.4 is 29.6 Å². The summed E-state index contributed by atoms with van der Waals surface area (Å²) in [4.78, 5) is 19.1. The SMILES string of the molecule is O.O.O.O=C(O)/C=C\C(=O)O.[H-].[Na+]. The van der Waals surface area contributed by atoms with Crippen LogP contribution in [0, 0.1) is 0 Å². The van der Waals surface area contributed by atoms with Crippen molar-refractivity contribution in [2.75, 3.05) is 0 Å². The Morgan fingerprint density at radius 3 is 1.17 bits per heavy atom. The second kappa shape index (κ2) is 16.9. The van der Waals surface area contributed by atoms with Gasteiger partial charge in [-0.15, -0.1) is 0 Å². The van der Waals surface area contributed by atoms with Crippen LogP contribution in [0.2, 0.25) is 0 Å². The fraction of sp³-hybridized carbons (Fsp3) is 0. The molecule has 0 spiro atoms. The molecule has 0 rings (SSSR count). The predicted molar refractivity (Wildman–Crippen MR) is 36.4 cm³/mol. The Labute approximate surface area is 91.4 Å². The predicted octanol–water partition coefficient (Wildman–Crippen LogP) is -5.65. The summed E-state index contributed by atoms with van der Waals surface area (Å²) >= 11 is 0. The Kier molecular flexibility index (Phi) is 42.2. The van der Waals surface area contributed by atoms with Gasteiger partial charge in [-0.3, -0.25) is 0 Å². The van der Waals surface area contributed by atoms with E-state index in [1.807, 2.05) is 0 Å². The number of carbonyl (C=O) groups is 2. The summed E-state index contributed by atoms with van der Waals surface area (Å²) in [6.07, 6.45) is 1.12. The smallest absolute Gasteiger partial charge is 1.00 e. The van der Waals surface area contributed by atoms with Gasteiger partial charge in [0.25, 0.3) is 0 Å². The van der Waals surface area contributed by atoms with E-state index >= 15 is 0 Å². The number of carboxylic acids is 2. The molecule has 0 saturated heterocycles. The van der Waals surface area contributed by atoms with Crippen molar-refractivity contribution in [3.63, 3.8) is 0 Å². The fourth-order valence-corrected chi connectivity index (χ4v) is 0.143. The third-order valence-corrected chi connectivity index (χ3v) is 0.368. The average Bonchev–Trinajstić information content (AvgIpc) is 1.61. The molecule has 0 aromatic rings. The van der Waals surface area contributed by atoms with Crippen molar-refractivity contribution in [3.8, 4) is 0 Å². The zero-order chi connectivity index (χ0) is 6.57. The Morgan fingerprint density at radius 1 is 0.917 bits per heavy atom. The molecule has 0 saturated carbocycles. The molecule has 0 aliphatic carbocycles. The van der Waals surface area contributed by atoms with Gasteiger partial charge in [-0.05, 0) is 0 Å². The van der Waals surface area contributed by atoms with Gasteiger partial charge in [-0.1, -0.05) is 0 Å². The summed E-state index contributed by atoms with van der Waals surface area (Å²) in [5, 5.41) is 15.6. The summed E-state index contributed by atoms with van der Waals surface area (Å²) in [5.41, 5.74) is 0. The molecule has 0 aromatic carbocycles. The first kappa shape index (κ1) is 30.0. The van der Waals surface area contributed by atoms with Crippen LogP contribution in [-0.2, 0) is 9.59 Å². The van der Waals surface area contributed by atoms with E-state index < -0.39 is 11.9 Å². The van der Waals surface area contributed by atoms with E-state index in [1.54, 1.807) is 0 Å². The molecule has 70 valence electrons. The largest absolute Gasteiger partial charge is 1.00 e. The number of aliphatic carboxylic acids is 2. The van der Waals surface area contributed by atoms with Crippen molar-refractivity contribution in [1.29, 1.82) is 0 Å². The molecule has 8 N–H and O–H groups in total. The van der Waals surface area contributed by atoms with Gasteiger partial charge in [0.1, 0.15) is 0 Å². The summed E-state index contributed by atoms with van der Waals surface area (Å²) in [6, 6.07) is 0. The molecule has 8 heteroatoms. The molecule has 12 heavy (non-hydrogen) atoms. The average molecular weight is 194 g/mol. The Morgan fingerprint density at radius 2 is 1.08 bits per heavy atom. The molecule has 0 fully saturated rings. The van der Waals surface area contributed by atoms with Crippen LogP contribution in [-0.4, -0.2) is 38.6 Å². The van der Waals surface area contributed by atoms with Crippen molar-refractivity contribution in [2.24, 2.45) is 0 Å². The molecule has 0 bridgehead atoms. The topological polar surface area (TPSA) is 169 Å². The first-order valence-electron chi connectivity index (χ1n) is 1.77. The molecular formula is C4H11NaO7. The molecule has 0 unspecified atom stereocenters. The molecular weight excluding hydrogens is 183 g/mol. The second-order valence-electron chi connectivity index (χ2n) is 1.01.